The van der Waals surface area contributed by atoms with E-state index >= 15 is 0 Å². The first-order valence-electron chi connectivity index (χ1n) is 14.4. The first kappa shape index (κ1) is 33.4. The first-order chi connectivity index (χ1) is 22.0. The van der Waals surface area contributed by atoms with Gasteiger partial charge in [0.2, 0.25) is 5.91 Å². The minimum absolute atomic E-state index is 0.196. The molecule has 2 aliphatic rings. The molecule has 1 aromatic heterocycles. The number of nitrogens with two attached hydrogens (primary N) is 1. The molecule has 0 bridgehead atoms. The van der Waals surface area contributed by atoms with Crippen LogP contribution in [0.5, 0.6) is 0 Å². The van der Waals surface area contributed by atoms with Crippen molar-refractivity contribution < 1.29 is 28.7 Å². The van der Waals surface area contributed by atoms with Crippen LogP contribution in [0.4, 0.5) is 9.93 Å². The van der Waals surface area contributed by atoms with Gasteiger partial charge in [-0.1, -0.05) is 60.7 Å². The minimum atomic E-state index is -1.26. The molecule has 2 aromatic carbocycles. The molecular formula is C32H35N5O6S3. The Morgan fingerprint density at radius 1 is 1.09 bits per heavy atom. The fraction of sp³-hybridized carbons (Fsp3) is 0.344. The minimum Gasteiger partial charge on any atom is -0.448 e. The van der Waals surface area contributed by atoms with E-state index in [2.05, 4.69) is 15.6 Å². The van der Waals surface area contributed by atoms with Crippen LogP contribution in [0.25, 0.3) is 0 Å². The third-order valence-electron chi connectivity index (χ3n) is 7.05. The Labute approximate surface area is 279 Å². The summed E-state index contributed by atoms with van der Waals surface area (Å²) in [6.45, 7) is 5.11. The van der Waals surface area contributed by atoms with Gasteiger partial charge in [-0.3, -0.25) is 14.5 Å². The monoisotopic (exact) mass is 681 g/mol. The molecule has 0 radical (unpaired) electrons. The number of aromatic nitrogens is 1. The van der Waals surface area contributed by atoms with E-state index in [0.29, 0.717) is 11.5 Å². The second-order valence-corrected chi connectivity index (χ2v) is 14.4. The number of nitrogen functional groups attached to an aromatic ring is 1. The highest BCUT2D eigenvalue weighted by Gasteiger charge is 2.55. The maximum Gasteiger partial charge on any atom is 0.408 e. The van der Waals surface area contributed by atoms with Gasteiger partial charge in [-0.15, -0.1) is 23.1 Å². The average molecular weight is 682 g/mol. The number of nitrogens with one attached hydrogen (secondary N) is 2. The second-order valence-electron chi connectivity index (χ2n) is 11.6. The standard InChI is InChI=1S/C32H35N5O6S3/c1-32(2,3)43-31(41)36-22(21-17-46-30(33)34-21)26(38)35-23-27(39)37-24(20(15-44-4)16-45-28(23)37)29(40)42-25(18-11-7-5-8-12-18)19-13-9-6-10-14-19/h5-14,17,22-23,25,28H,15-16H2,1-4H3,(H2,33,34)(H,35,38)(H,36,41)/t22?,23?,28-/m0/s1. The van der Waals surface area contributed by atoms with Gasteiger partial charge in [0, 0.05) is 16.9 Å². The van der Waals surface area contributed by atoms with Crippen molar-refractivity contribution in [1.82, 2.24) is 20.5 Å². The van der Waals surface area contributed by atoms with E-state index in [4.69, 9.17) is 15.2 Å². The van der Waals surface area contributed by atoms with Gasteiger partial charge in [0.05, 0.1) is 5.69 Å². The van der Waals surface area contributed by atoms with E-state index < -0.39 is 53.0 Å². The zero-order valence-corrected chi connectivity index (χ0v) is 28.2. The number of anilines is 1. The summed E-state index contributed by atoms with van der Waals surface area (Å²) < 4.78 is 11.5. The second kappa shape index (κ2) is 14.2. The summed E-state index contributed by atoms with van der Waals surface area (Å²) in [7, 11) is 0. The Kier molecular flexibility index (Phi) is 10.3. The first-order valence-corrected chi connectivity index (χ1v) is 17.8. The number of rotatable bonds is 10. The third kappa shape index (κ3) is 7.51. The van der Waals surface area contributed by atoms with Crippen LogP contribution >= 0.6 is 34.9 Å². The van der Waals surface area contributed by atoms with Crippen LogP contribution in [0, 0.1) is 0 Å². The van der Waals surface area contributed by atoms with Gasteiger partial charge in [-0.05, 0) is 43.7 Å². The summed E-state index contributed by atoms with van der Waals surface area (Å²) in [6, 6.07) is 16.6. The maximum atomic E-state index is 14.0. The zero-order valence-electron chi connectivity index (χ0n) is 25.7. The summed E-state index contributed by atoms with van der Waals surface area (Å²) in [6.07, 6.45) is 0.407. The van der Waals surface area contributed by atoms with Gasteiger partial charge >= 0.3 is 12.1 Å². The van der Waals surface area contributed by atoms with E-state index in [1.54, 1.807) is 26.2 Å². The van der Waals surface area contributed by atoms with Crippen molar-refractivity contribution in [2.75, 3.05) is 23.5 Å². The van der Waals surface area contributed by atoms with Gasteiger partial charge in [-0.2, -0.15) is 11.8 Å². The SMILES string of the molecule is CSCC1=C(C(=O)OC(c2ccccc2)c2ccccc2)N2C(=O)C(NC(=O)C(NC(=O)OC(C)(C)C)c3csc(N)n3)[C@@H]2SC1. The molecule has 2 unspecified atom stereocenters. The molecule has 3 amide bonds. The van der Waals surface area contributed by atoms with Gasteiger partial charge in [0.15, 0.2) is 17.3 Å². The number of nitrogens with zero attached hydrogens (tertiary/aromatic N) is 2. The highest BCUT2D eigenvalue weighted by atomic mass is 32.2. The Hall–Kier alpha value is -4.01. The largest absolute Gasteiger partial charge is 0.448 e. The summed E-state index contributed by atoms with van der Waals surface area (Å²) in [5.74, 6) is -0.741. The molecule has 0 spiro atoms. The molecule has 0 aliphatic carbocycles. The van der Waals surface area contributed by atoms with Crippen molar-refractivity contribution in [2.45, 2.75) is 49.9 Å². The molecule has 1 saturated heterocycles. The summed E-state index contributed by atoms with van der Waals surface area (Å²) in [4.78, 5) is 59.4. The number of thiazole rings is 1. The molecule has 3 aromatic rings. The molecule has 46 heavy (non-hydrogen) atoms. The number of β-lactam (4-membered cyclic amide) rings is 1. The van der Waals surface area contributed by atoms with Crippen LogP contribution in [0.15, 0.2) is 77.3 Å². The van der Waals surface area contributed by atoms with Crippen LogP contribution in [0.1, 0.15) is 49.7 Å². The van der Waals surface area contributed by atoms with Crippen molar-refractivity contribution in [2.24, 2.45) is 0 Å². The number of thioether (sulfide) groups is 2. The molecule has 1 fully saturated rings. The van der Waals surface area contributed by atoms with Gasteiger partial charge < -0.3 is 25.8 Å². The number of carbonyl (C=O) groups excluding carboxylic acids is 4. The van der Waals surface area contributed by atoms with E-state index in [9.17, 15) is 19.2 Å². The number of amides is 3. The van der Waals surface area contributed by atoms with Crippen LogP contribution in [-0.2, 0) is 23.9 Å². The number of fused-ring (bicyclic) bond motifs is 1. The van der Waals surface area contributed by atoms with Gasteiger partial charge in [-0.25, -0.2) is 14.6 Å². The maximum absolute atomic E-state index is 14.0. The number of ether oxygens (including phenoxy) is 2. The number of alkyl carbamates (subject to hydrolysis) is 1. The molecule has 242 valence electrons. The van der Waals surface area contributed by atoms with Crippen molar-refractivity contribution in [3.63, 3.8) is 0 Å². The van der Waals surface area contributed by atoms with Crippen molar-refractivity contribution in [1.29, 1.82) is 0 Å². The summed E-state index contributed by atoms with van der Waals surface area (Å²) >= 11 is 4.10. The molecule has 0 saturated carbocycles. The van der Waals surface area contributed by atoms with Crippen molar-refractivity contribution in [3.05, 3.63) is 94.1 Å². The van der Waals surface area contributed by atoms with Gasteiger partial charge in [0.25, 0.3) is 5.91 Å². The van der Waals surface area contributed by atoms with E-state index in [1.807, 2.05) is 66.9 Å². The molecule has 4 N–H and O–H groups in total. The Bertz CT molecular complexity index is 1590. The summed E-state index contributed by atoms with van der Waals surface area (Å²) in [5.41, 5.74) is 7.77. The molecule has 3 heterocycles. The van der Waals surface area contributed by atoms with E-state index in [1.165, 1.54) is 28.4 Å². The fourth-order valence-electron chi connectivity index (χ4n) is 5.07. The average Bonchev–Trinajstić information content (AvgIpc) is 3.46. The predicted octanol–water partition coefficient (Wildman–Crippen LogP) is 4.64. The quantitative estimate of drug-likeness (QED) is 0.204. The Morgan fingerprint density at radius 2 is 1.72 bits per heavy atom. The van der Waals surface area contributed by atoms with Crippen LogP contribution in [-0.4, -0.2) is 68.5 Å². The van der Waals surface area contributed by atoms with Crippen LogP contribution in [0.3, 0.4) is 0 Å². The predicted molar refractivity (Wildman–Crippen MR) is 180 cm³/mol. The lowest BCUT2D eigenvalue weighted by Gasteiger charge is -2.50. The van der Waals surface area contributed by atoms with E-state index in [0.717, 1.165) is 28.0 Å². The molecule has 2 aliphatic heterocycles. The highest BCUT2D eigenvalue weighted by molar-refractivity contribution is 8.00. The molecule has 3 atom stereocenters. The Balaban J connectivity index is 1.37. The Morgan fingerprint density at radius 3 is 2.26 bits per heavy atom. The van der Waals surface area contributed by atoms with Crippen LogP contribution in [0.2, 0.25) is 0 Å². The topological polar surface area (TPSA) is 153 Å². The number of esters is 1. The highest BCUT2D eigenvalue weighted by Crippen LogP contribution is 2.42. The summed E-state index contributed by atoms with van der Waals surface area (Å²) in [5, 5.41) is 6.52. The van der Waals surface area contributed by atoms with Crippen LogP contribution < -0.4 is 16.4 Å². The van der Waals surface area contributed by atoms with E-state index in [-0.39, 0.29) is 16.5 Å². The smallest absolute Gasteiger partial charge is 0.408 e. The lowest BCUT2D eigenvalue weighted by Crippen LogP contribution is -2.71. The lowest BCUT2D eigenvalue weighted by molar-refractivity contribution is -0.154. The van der Waals surface area contributed by atoms with Gasteiger partial charge in [0.1, 0.15) is 22.7 Å². The zero-order chi connectivity index (χ0) is 33.0. The molecular weight excluding hydrogens is 647 g/mol. The molecule has 11 nitrogen and oxygen atoms in total. The number of carbonyl (C=O) groups is 4. The van der Waals surface area contributed by atoms with Crippen molar-refractivity contribution in [3.8, 4) is 0 Å². The molecule has 5 rings (SSSR count). The fourth-order valence-corrected chi connectivity index (χ4v) is 7.72. The number of hydrogen-bond donors (Lipinski definition) is 3. The lowest BCUT2D eigenvalue weighted by atomic mass is 10.0. The normalized spacial score (nSPS) is 18.4. The third-order valence-corrected chi connectivity index (χ3v) is 9.71. The molecule has 14 heteroatoms. The van der Waals surface area contributed by atoms with Crippen molar-refractivity contribution >= 4 is 63.9 Å². The number of hydrogen-bond acceptors (Lipinski definition) is 11. The number of benzene rings is 2.